The minimum atomic E-state index is 0.117. The lowest BCUT2D eigenvalue weighted by Crippen LogP contribution is -2.35. The third-order valence-electron chi connectivity index (χ3n) is 2.52. The molecule has 0 radical (unpaired) electrons. The zero-order chi connectivity index (χ0) is 12.5. The van der Waals surface area contributed by atoms with Gasteiger partial charge in [-0.3, -0.25) is 0 Å². The van der Waals surface area contributed by atoms with Crippen LogP contribution in [-0.2, 0) is 6.54 Å². The fraction of sp³-hybridized carbons (Fsp3) is 0.462. The summed E-state index contributed by atoms with van der Waals surface area (Å²) in [7, 11) is 0. The lowest BCUT2D eigenvalue weighted by Gasteiger charge is -2.19. The summed E-state index contributed by atoms with van der Waals surface area (Å²) in [5.74, 6) is 0.989. The quantitative estimate of drug-likeness (QED) is 0.876. The Bertz CT molecular complexity index is 491. The Morgan fingerprint density at radius 2 is 2.18 bits per heavy atom. The average molecular weight is 249 g/mol. The monoisotopic (exact) mass is 249 g/mol. The van der Waals surface area contributed by atoms with Crippen molar-refractivity contribution in [2.75, 3.05) is 0 Å². The predicted octanol–water partition coefficient (Wildman–Crippen LogP) is 3.33. The largest absolute Gasteiger partial charge is 0.340 e. The van der Waals surface area contributed by atoms with Gasteiger partial charge in [-0.15, -0.1) is 11.3 Å². The minimum Gasteiger partial charge on any atom is -0.340 e. The zero-order valence-electron chi connectivity index (χ0n) is 10.8. The van der Waals surface area contributed by atoms with Crippen LogP contribution in [-0.4, -0.2) is 15.5 Å². The maximum atomic E-state index is 4.40. The molecule has 0 unspecified atom stereocenters. The van der Waals surface area contributed by atoms with Gasteiger partial charge in [0.1, 0.15) is 5.82 Å². The van der Waals surface area contributed by atoms with Crippen LogP contribution in [0, 0.1) is 6.92 Å². The summed E-state index contributed by atoms with van der Waals surface area (Å²) in [5, 5.41) is 5.53. The average Bonchev–Trinajstić information content (AvgIpc) is 2.81. The van der Waals surface area contributed by atoms with Crippen molar-refractivity contribution < 1.29 is 0 Å². The number of imidazole rings is 1. The Labute approximate surface area is 106 Å². The van der Waals surface area contributed by atoms with Crippen LogP contribution in [0.5, 0.6) is 0 Å². The van der Waals surface area contributed by atoms with Gasteiger partial charge in [-0.1, -0.05) is 0 Å². The van der Waals surface area contributed by atoms with Crippen LogP contribution in [0.4, 0.5) is 0 Å². The third kappa shape index (κ3) is 3.17. The van der Waals surface area contributed by atoms with Crippen LogP contribution < -0.4 is 5.32 Å². The Balaban J connectivity index is 2.09. The summed E-state index contributed by atoms with van der Waals surface area (Å²) >= 11 is 1.75. The summed E-state index contributed by atoms with van der Waals surface area (Å²) in [6.07, 6.45) is 1.92. The van der Waals surface area contributed by atoms with Gasteiger partial charge in [0.15, 0.2) is 0 Å². The van der Waals surface area contributed by atoms with E-state index in [0.29, 0.717) is 0 Å². The van der Waals surface area contributed by atoms with Crippen molar-refractivity contribution in [3.8, 4) is 10.6 Å². The molecule has 17 heavy (non-hydrogen) atoms. The van der Waals surface area contributed by atoms with E-state index < -0.39 is 0 Å². The van der Waals surface area contributed by atoms with E-state index in [2.05, 4.69) is 54.4 Å². The van der Waals surface area contributed by atoms with Gasteiger partial charge in [0.05, 0.1) is 23.3 Å². The van der Waals surface area contributed by atoms with E-state index in [1.54, 1.807) is 11.3 Å². The maximum absolute atomic E-state index is 4.40. The molecule has 2 aromatic rings. The van der Waals surface area contributed by atoms with E-state index in [-0.39, 0.29) is 5.54 Å². The molecule has 0 aliphatic heterocycles. The molecule has 0 saturated heterocycles. The number of aryl methyl sites for hydroxylation is 1. The summed E-state index contributed by atoms with van der Waals surface area (Å²) in [4.78, 5) is 9.05. The van der Waals surface area contributed by atoms with Gasteiger partial charge in [-0.25, -0.2) is 4.98 Å². The number of H-pyrrole nitrogens is 1. The maximum Gasteiger partial charge on any atom is 0.120 e. The van der Waals surface area contributed by atoms with Gasteiger partial charge in [-0.2, -0.15) is 0 Å². The molecule has 2 heterocycles. The van der Waals surface area contributed by atoms with E-state index in [1.807, 2.05) is 6.20 Å². The van der Waals surface area contributed by atoms with Crippen molar-refractivity contribution in [2.45, 2.75) is 39.8 Å². The first-order valence-corrected chi connectivity index (χ1v) is 6.67. The number of hydrogen-bond acceptors (Lipinski definition) is 3. The van der Waals surface area contributed by atoms with E-state index in [1.165, 1.54) is 10.4 Å². The van der Waals surface area contributed by atoms with E-state index in [9.17, 15) is 0 Å². The Kier molecular flexibility index (Phi) is 3.35. The molecule has 0 aliphatic carbocycles. The van der Waals surface area contributed by atoms with Crippen LogP contribution in [0.25, 0.3) is 10.6 Å². The number of thiophene rings is 1. The third-order valence-corrected chi connectivity index (χ3v) is 3.57. The number of nitrogens with one attached hydrogen (secondary N) is 2. The van der Waals surface area contributed by atoms with Crippen LogP contribution in [0.2, 0.25) is 0 Å². The van der Waals surface area contributed by atoms with Gasteiger partial charge in [0.2, 0.25) is 0 Å². The molecular formula is C13H19N3S. The van der Waals surface area contributed by atoms with Gasteiger partial charge >= 0.3 is 0 Å². The highest BCUT2D eigenvalue weighted by molar-refractivity contribution is 7.13. The molecule has 2 rings (SSSR count). The topological polar surface area (TPSA) is 40.7 Å². The highest BCUT2D eigenvalue weighted by Gasteiger charge is 2.11. The van der Waals surface area contributed by atoms with Crippen molar-refractivity contribution in [2.24, 2.45) is 0 Å². The standard InChI is InChI=1S/C13H19N3S/c1-9-5-6-17-12(9)10-7-14-11(16-10)8-15-13(2,3)4/h5-7,15H,8H2,1-4H3,(H,14,16). The first-order chi connectivity index (χ1) is 7.96. The lowest BCUT2D eigenvalue weighted by molar-refractivity contribution is 0.418. The molecule has 0 aliphatic rings. The molecule has 0 bridgehead atoms. The summed E-state index contributed by atoms with van der Waals surface area (Å²) in [6, 6.07) is 2.13. The molecule has 3 nitrogen and oxygen atoms in total. The second kappa shape index (κ2) is 4.63. The normalized spacial score (nSPS) is 12.0. The van der Waals surface area contributed by atoms with Crippen LogP contribution >= 0.6 is 11.3 Å². The molecule has 0 fully saturated rings. The number of nitrogens with zero attached hydrogens (tertiary/aromatic N) is 1. The highest BCUT2D eigenvalue weighted by Crippen LogP contribution is 2.27. The fourth-order valence-corrected chi connectivity index (χ4v) is 2.46. The van der Waals surface area contributed by atoms with Gasteiger partial charge in [0, 0.05) is 5.54 Å². The fourth-order valence-electron chi connectivity index (χ4n) is 1.57. The summed E-state index contributed by atoms with van der Waals surface area (Å²) in [6.45, 7) is 9.36. The Morgan fingerprint density at radius 1 is 1.41 bits per heavy atom. The smallest absolute Gasteiger partial charge is 0.120 e. The molecule has 92 valence electrons. The molecule has 2 N–H and O–H groups in total. The van der Waals surface area contributed by atoms with Gasteiger partial charge in [0.25, 0.3) is 0 Å². The number of aromatic nitrogens is 2. The molecule has 0 spiro atoms. The Hall–Kier alpha value is -1.13. The number of aromatic amines is 1. The first-order valence-electron chi connectivity index (χ1n) is 5.79. The minimum absolute atomic E-state index is 0.117. The van der Waals surface area contributed by atoms with Crippen LogP contribution in [0.15, 0.2) is 17.6 Å². The van der Waals surface area contributed by atoms with Crippen molar-refractivity contribution in [3.05, 3.63) is 29.0 Å². The molecule has 2 aromatic heterocycles. The van der Waals surface area contributed by atoms with E-state index >= 15 is 0 Å². The molecule has 0 amide bonds. The van der Waals surface area contributed by atoms with Gasteiger partial charge in [-0.05, 0) is 44.7 Å². The van der Waals surface area contributed by atoms with Crippen molar-refractivity contribution in [3.63, 3.8) is 0 Å². The predicted molar refractivity (Wildman–Crippen MR) is 73.2 cm³/mol. The zero-order valence-corrected chi connectivity index (χ0v) is 11.6. The molecular weight excluding hydrogens is 230 g/mol. The number of rotatable bonds is 3. The van der Waals surface area contributed by atoms with E-state index in [4.69, 9.17) is 0 Å². The second-order valence-corrected chi connectivity index (χ2v) is 6.20. The highest BCUT2D eigenvalue weighted by atomic mass is 32.1. The Morgan fingerprint density at radius 3 is 2.76 bits per heavy atom. The summed E-state index contributed by atoms with van der Waals surface area (Å²) < 4.78 is 0. The second-order valence-electron chi connectivity index (χ2n) is 5.28. The van der Waals surface area contributed by atoms with Gasteiger partial charge < -0.3 is 10.3 Å². The molecule has 0 atom stereocenters. The first kappa shape index (κ1) is 12.3. The lowest BCUT2D eigenvalue weighted by atomic mass is 10.1. The van der Waals surface area contributed by atoms with Crippen LogP contribution in [0.3, 0.4) is 0 Å². The van der Waals surface area contributed by atoms with Crippen molar-refractivity contribution in [1.82, 2.24) is 15.3 Å². The summed E-state index contributed by atoms with van der Waals surface area (Å²) in [5.41, 5.74) is 2.53. The SMILES string of the molecule is Cc1ccsc1-c1cnc(CNC(C)(C)C)[nH]1. The molecule has 0 aromatic carbocycles. The molecule has 4 heteroatoms. The molecule has 0 saturated carbocycles. The number of hydrogen-bond donors (Lipinski definition) is 2. The van der Waals surface area contributed by atoms with E-state index in [0.717, 1.165) is 18.1 Å². The van der Waals surface area contributed by atoms with Crippen LogP contribution in [0.1, 0.15) is 32.2 Å². The van der Waals surface area contributed by atoms with Crippen molar-refractivity contribution >= 4 is 11.3 Å². The van der Waals surface area contributed by atoms with Crippen molar-refractivity contribution in [1.29, 1.82) is 0 Å².